The number of nitrogens with one attached hydrogen (secondary N) is 6. The predicted octanol–water partition coefficient (Wildman–Crippen LogP) is -0.0805. The number of amides is 6. The second-order valence-electron chi connectivity index (χ2n) is 15.9. The Bertz CT molecular complexity index is 1860. The largest absolute Gasteiger partial charge is 0.508 e. The molecular weight excluding hydrogens is 821 g/mol. The van der Waals surface area contributed by atoms with E-state index in [4.69, 9.17) is 11.5 Å². The van der Waals surface area contributed by atoms with Crippen molar-refractivity contribution < 1.29 is 58.8 Å². The van der Waals surface area contributed by atoms with Crippen LogP contribution in [-0.2, 0) is 51.2 Å². The Morgan fingerprint density at radius 2 is 1.06 bits per heavy atom. The number of benzene rings is 2. The van der Waals surface area contributed by atoms with Crippen LogP contribution in [-0.4, -0.2) is 117 Å². The summed E-state index contributed by atoms with van der Waals surface area (Å²) >= 11 is 0. The van der Waals surface area contributed by atoms with Crippen molar-refractivity contribution in [3.8, 4) is 11.5 Å². The summed E-state index contributed by atoms with van der Waals surface area (Å²) in [5, 5.41) is 53.8. The van der Waals surface area contributed by atoms with Crippen LogP contribution in [0.1, 0.15) is 84.3 Å². The van der Waals surface area contributed by atoms with Gasteiger partial charge in [-0.05, 0) is 92.8 Å². The molecule has 0 unspecified atom stereocenters. The lowest BCUT2D eigenvalue weighted by molar-refractivity contribution is -0.142. The minimum absolute atomic E-state index is 0.0326. The van der Waals surface area contributed by atoms with E-state index in [1.807, 2.05) is 0 Å². The van der Waals surface area contributed by atoms with Gasteiger partial charge < -0.3 is 63.8 Å². The van der Waals surface area contributed by atoms with Crippen molar-refractivity contribution in [1.29, 1.82) is 0 Å². The highest BCUT2D eigenvalue weighted by Crippen LogP contribution is 2.16. The minimum atomic E-state index is -1.56. The second-order valence-corrected chi connectivity index (χ2v) is 15.9. The van der Waals surface area contributed by atoms with Gasteiger partial charge in [0.25, 0.3) is 0 Å². The number of carboxylic acids is 2. The van der Waals surface area contributed by atoms with Crippen molar-refractivity contribution in [2.75, 3.05) is 6.54 Å². The number of unbranched alkanes of at least 4 members (excludes halogenated alkanes) is 1. The van der Waals surface area contributed by atoms with Crippen LogP contribution in [0.15, 0.2) is 48.5 Å². The maximum atomic E-state index is 14.1. The van der Waals surface area contributed by atoms with Gasteiger partial charge >= 0.3 is 11.9 Å². The van der Waals surface area contributed by atoms with Gasteiger partial charge in [0.1, 0.15) is 47.8 Å². The van der Waals surface area contributed by atoms with Crippen molar-refractivity contribution in [3.05, 3.63) is 59.7 Å². The third-order valence-corrected chi connectivity index (χ3v) is 10.4. The van der Waals surface area contributed by atoms with Crippen LogP contribution in [0.3, 0.4) is 0 Å². The van der Waals surface area contributed by atoms with Crippen molar-refractivity contribution >= 4 is 47.4 Å². The number of aliphatic carboxylic acids is 2. The summed E-state index contributed by atoms with van der Waals surface area (Å²) in [6, 6.07) is 2.79. The molecule has 63 heavy (non-hydrogen) atoms. The number of hydrogen-bond acceptors (Lipinski definition) is 12. The van der Waals surface area contributed by atoms with Crippen molar-refractivity contribution in [2.24, 2.45) is 23.3 Å². The van der Waals surface area contributed by atoms with E-state index in [1.54, 1.807) is 39.8 Å². The summed E-state index contributed by atoms with van der Waals surface area (Å²) in [7, 11) is 0. The lowest BCUT2D eigenvalue weighted by Gasteiger charge is -2.29. The highest BCUT2D eigenvalue weighted by atomic mass is 16.4. The monoisotopic (exact) mass is 884 g/mol. The first kappa shape index (κ1) is 52.9. The fourth-order valence-corrected chi connectivity index (χ4v) is 6.29. The normalized spacial score (nSPS) is 14.9. The van der Waals surface area contributed by atoms with Gasteiger partial charge in [-0.15, -0.1) is 0 Å². The SMILES string of the molecule is CC[C@H](C)[C@H](NC(=O)[C@@H](N)Cc1ccc(O)cc1)C(=O)N[C@@H](Cc1ccc(O)cc1)C(=O)N[C@@H](CCC(=O)O)C(=O)N[C@H](C(=O)N[C@@H](C)C(=O)N[C@@H](CCCCN)C(=O)O)C(C)C. The number of phenolic OH excluding ortho intramolecular Hbond substituents is 2. The molecule has 8 atom stereocenters. The lowest BCUT2D eigenvalue weighted by Crippen LogP contribution is -2.61. The average molecular weight is 885 g/mol. The first-order chi connectivity index (χ1) is 29.7. The first-order valence-electron chi connectivity index (χ1n) is 20.9. The molecule has 0 saturated heterocycles. The zero-order chi connectivity index (χ0) is 47.4. The number of carbonyl (C=O) groups is 8. The predicted molar refractivity (Wildman–Crippen MR) is 231 cm³/mol. The molecule has 0 aliphatic rings. The van der Waals surface area contributed by atoms with Crippen LogP contribution < -0.4 is 43.4 Å². The highest BCUT2D eigenvalue weighted by Gasteiger charge is 2.35. The number of nitrogens with two attached hydrogens (primary N) is 2. The maximum absolute atomic E-state index is 14.1. The van der Waals surface area contributed by atoms with Crippen LogP contribution in [0.5, 0.6) is 11.5 Å². The molecule has 0 aliphatic heterocycles. The molecule has 20 nitrogen and oxygen atoms in total. The molecule has 20 heteroatoms. The van der Waals surface area contributed by atoms with E-state index < -0.39 is 114 Å². The fraction of sp³-hybridized carbons (Fsp3) is 0.535. The zero-order valence-electron chi connectivity index (χ0n) is 36.4. The molecule has 14 N–H and O–H groups in total. The van der Waals surface area contributed by atoms with Gasteiger partial charge in [-0.25, -0.2) is 4.79 Å². The molecule has 0 saturated carbocycles. The summed E-state index contributed by atoms with van der Waals surface area (Å²) in [6.07, 6.45) is 0.387. The van der Waals surface area contributed by atoms with Gasteiger partial charge in [0.2, 0.25) is 35.4 Å². The molecule has 0 spiro atoms. The Kier molecular flexibility index (Phi) is 22.0. The second kappa shape index (κ2) is 26.3. The number of hydrogen-bond donors (Lipinski definition) is 12. The molecule has 0 aromatic heterocycles. The highest BCUT2D eigenvalue weighted by molar-refractivity contribution is 5.97. The quantitative estimate of drug-likeness (QED) is 0.0523. The summed E-state index contributed by atoms with van der Waals surface area (Å²) in [5.74, 6) is -8.59. The Morgan fingerprint density at radius 3 is 1.57 bits per heavy atom. The summed E-state index contributed by atoms with van der Waals surface area (Å²) in [4.78, 5) is 105. The van der Waals surface area contributed by atoms with Crippen LogP contribution in [0.4, 0.5) is 0 Å². The fourth-order valence-electron chi connectivity index (χ4n) is 6.29. The minimum Gasteiger partial charge on any atom is -0.508 e. The molecule has 6 amide bonds. The molecule has 0 heterocycles. The van der Waals surface area contributed by atoms with E-state index in [9.17, 15) is 58.8 Å². The van der Waals surface area contributed by atoms with Gasteiger partial charge in [-0.3, -0.25) is 33.6 Å². The number of carbonyl (C=O) groups excluding carboxylic acids is 6. The zero-order valence-corrected chi connectivity index (χ0v) is 36.4. The molecule has 0 fully saturated rings. The van der Waals surface area contributed by atoms with Crippen molar-refractivity contribution in [3.63, 3.8) is 0 Å². The molecule has 2 aromatic rings. The van der Waals surface area contributed by atoms with Crippen molar-refractivity contribution in [2.45, 2.75) is 128 Å². The van der Waals surface area contributed by atoms with E-state index >= 15 is 0 Å². The van der Waals surface area contributed by atoms with Crippen LogP contribution in [0.25, 0.3) is 0 Å². The summed E-state index contributed by atoms with van der Waals surface area (Å²) in [6.45, 7) is 8.35. The standard InChI is InChI=1S/C43H64N8O12/c1-6-24(4)36(51-38(57)30(45)21-26-10-14-28(52)15-11-26)42(61)49-33(22-27-12-16-29(53)17-13-27)40(59)47-31(18-19-34(54)55)39(58)50-35(23(2)3)41(60)46-25(5)37(56)48-32(43(62)63)9-7-8-20-44/h10-17,23-25,30-33,35-36,52-53H,6-9,18-22,44-45H2,1-5H3,(H,46,60)(H,47,59)(H,48,56)(H,49,61)(H,50,58)(H,51,57)(H,54,55)(H,62,63)/t24-,25-,30-,31-,32-,33-,35-,36-/m0/s1. The third kappa shape index (κ3) is 18.3. The Balaban J connectivity index is 2.34. The molecule has 348 valence electrons. The number of aromatic hydroxyl groups is 2. The number of rotatable bonds is 27. The average Bonchev–Trinajstić information content (AvgIpc) is 3.23. The van der Waals surface area contributed by atoms with E-state index in [0.29, 0.717) is 36.9 Å². The topological polar surface area (TPSA) is 342 Å². The summed E-state index contributed by atoms with van der Waals surface area (Å²) in [5.41, 5.74) is 12.8. The molecular formula is C43H64N8O12. The van der Waals surface area contributed by atoms with Crippen LogP contribution in [0.2, 0.25) is 0 Å². The molecule has 2 aromatic carbocycles. The molecule has 0 radical (unpaired) electrons. The van der Waals surface area contributed by atoms with E-state index in [1.165, 1.54) is 43.3 Å². The Morgan fingerprint density at radius 1 is 0.571 bits per heavy atom. The van der Waals surface area contributed by atoms with Gasteiger partial charge in [-0.2, -0.15) is 0 Å². The van der Waals surface area contributed by atoms with E-state index in [2.05, 4.69) is 31.9 Å². The van der Waals surface area contributed by atoms with Crippen LogP contribution >= 0.6 is 0 Å². The van der Waals surface area contributed by atoms with Gasteiger partial charge in [0.15, 0.2) is 0 Å². The van der Waals surface area contributed by atoms with Crippen LogP contribution in [0, 0.1) is 11.8 Å². The third-order valence-electron chi connectivity index (χ3n) is 10.4. The Hall–Kier alpha value is -6.28. The Labute approximate surface area is 366 Å². The van der Waals surface area contributed by atoms with Gasteiger partial charge in [0, 0.05) is 12.8 Å². The number of carboxylic acid groups (broad SMARTS) is 2. The van der Waals surface area contributed by atoms with Gasteiger partial charge in [0.05, 0.1) is 6.04 Å². The van der Waals surface area contributed by atoms with Crippen molar-refractivity contribution in [1.82, 2.24) is 31.9 Å². The molecule has 2 rings (SSSR count). The summed E-state index contributed by atoms with van der Waals surface area (Å²) < 4.78 is 0. The number of phenols is 2. The van der Waals surface area contributed by atoms with E-state index in [0.717, 1.165) is 0 Å². The van der Waals surface area contributed by atoms with E-state index in [-0.39, 0.29) is 30.8 Å². The first-order valence-corrected chi connectivity index (χ1v) is 20.9. The maximum Gasteiger partial charge on any atom is 0.326 e. The molecule has 0 bridgehead atoms. The molecule has 0 aliphatic carbocycles. The smallest absolute Gasteiger partial charge is 0.326 e. The lowest BCUT2D eigenvalue weighted by atomic mass is 9.96. The van der Waals surface area contributed by atoms with Gasteiger partial charge in [-0.1, -0.05) is 58.4 Å².